The normalized spacial score (nSPS) is 9.81. The first-order valence-electron chi connectivity index (χ1n) is 6.34. The second-order valence-corrected chi connectivity index (χ2v) is 5.29. The van der Waals surface area contributed by atoms with Gasteiger partial charge in [0.25, 0.3) is 5.91 Å². The van der Waals surface area contributed by atoms with E-state index in [9.17, 15) is 9.59 Å². The molecule has 5 nitrogen and oxygen atoms in total. The first-order chi connectivity index (χ1) is 10.1. The van der Waals surface area contributed by atoms with Gasteiger partial charge in [0.2, 0.25) is 0 Å². The first kappa shape index (κ1) is 15.0. The quantitative estimate of drug-likeness (QED) is 0.739. The smallest absolute Gasteiger partial charge is 0.304 e. The van der Waals surface area contributed by atoms with Crippen molar-refractivity contribution in [1.82, 2.24) is 10.3 Å². The fourth-order valence-electron chi connectivity index (χ4n) is 1.82. The van der Waals surface area contributed by atoms with Crippen LogP contribution in [0.15, 0.2) is 28.4 Å². The molecule has 0 unspecified atom stereocenters. The van der Waals surface area contributed by atoms with E-state index in [1.54, 1.807) is 17.5 Å². The topological polar surface area (TPSA) is 88.0 Å². The fraction of sp³-hybridized carbons (Fsp3) is 0.200. The molecule has 0 radical (unpaired) electrons. The zero-order valence-corrected chi connectivity index (χ0v) is 12.3. The highest BCUT2D eigenvalue weighted by Crippen LogP contribution is 2.09. The summed E-state index contributed by atoms with van der Waals surface area (Å²) >= 11 is 1.07. The SMILES string of the molecule is Cc1cc(C#CCN)cc(C(=O)NCc2csc(=O)[nH]2)c1. The van der Waals surface area contributed by atoms with Crippen LogP contribution >= 0.6 is 11.3 Å². The van der Waals surface area contributed by atoms with Gasteiger partial charge in [-0.2, -0.15) is 0 Å². The van der Waals surface area contributed by atoms with E-state index in [0.717, 1.165) is 22.5 Å². The lowest BCUT2D eigenvalue weighted by Crippen LogP contribution is -2.23. The number of hydrogen-bond donors (Lipinski definition) is 3. The molecule has 0 aliphatic heterocycles. The average molecular weight is 301 g/mol. The van der Waals surface area contributed by atoms with E-state index in [4.69, 9.17) is 5.73 Å². The van der Waals surface area contributed by atoms with Gasteiger partial charge in [-0.1, -0.05) is 23.2 Å². The summed E-state index contributed by atoms with van der Waals surface area (Å²) in [5.41, 5.74) is 8.28. The summed E-state index contributed by atoms with van der Waals surface area (Å²) in [6.45, 7) is 2.47. The molecule has 6 heteroatoms. The van der Waals surface area contributed by atoms with Gasteiger partial charge >= 0.3 is 4.87 Å². The Morgan fingerprint density at radius 1 is 1.43 bits per heavy atom. The van der Waals surface area contributed by atoms with Crippen LogP contribution in [-0.2, 0) is 6.54 Å². The van der Waals surface area contributed by atoms with Gasteiger partial charge in [0, 0.05) is 22.2 Å². The lowest BCUT2D eigenvalue weighted by atomic mass is 10.1. The molecule has 2 rings (SSSR count). The van der Waals surface area contributed by atoms with E-state index in [1.807, 2.05) is 13.0 Å². The number of benzene rings is 1. The third-order valence-electron chi connectivity index (χ3n) is 2.68. The minimum atomic E-state index is -0.207. The summed E-state index contributed by atoms with van der Waals surface area (Å²) in [6.07, 6.45) is 0. The van der Waals surface area contributed by atoms with Crippen LogP contribution in [0.2, 0.25) is 0 Å². The van der Waals surface area contributed by atoms with Gasteiger partial charge in [-0.05, 0) is 30.7 Å². The summed E-state index contributed by atoms with van der Waals surface area (Å²) in [6, 6.07) is 5.41. The molecule has 0 fully saturated rings. The zero-order valence-electron chi connectivity index (χ0n) is 11.5. The lowest BCUT2D eigenvalue weighted by molar-refractivity contribution is 0.0950. The number of amides is 1. The Morgan fingerprint density at radius 3 is 2.90 bits per heavy atom. The maximum Gasteiger partial charge on any atom is 0.304 e. The largest absolute Gasteiger partial charge is 0.346 e. The molecule has 1 heterocycles. The molecular weight excluding hydrogens is 286 g/mol. The molecule has 1 amide bonds. The lowest BCUT2D eigenvalue weighted by Gasteiger charge is -2.05. The van der Waals surface area contributed by atoms with Crippen molar-refractivity contribution in [2.75, 3.05) is 6.54 Å². The monoisotopic (exact) mass is 301 g/mol. The van der Waals surface area contributed by atoms with Crippen LogP contribution in [-0.4, -0.2) is 17.4 Å². The van der Waals surface area contributed by atoms with Crippen LogP contribution in [0.5, 0.6) is 0 Å². The molecule has 0 saturated heterocycles. The predicted octanol–water partition coefficient (Wildman–Crippen LogP) is 0.985. The van der Waals surface area contributed by atoms with Crippen molar-refractivity contribution in [3.63, 3.8) is 0 Å². The van der Waals surface area contributed by atoms with Crippen molar-refractivity contribution in [3.05, 3.63) is 55.6 Å². The minimum Gasteiger partial charge on any atom is -0.346 e. The molecule has 0 atom stereocenters. The van der Waals surface area contributed by atoms with E-state index in [0.29, 0.717) is 11.3 Å². The number of hydrogen-bond acceptors (Lipinski definition) is 4. The Morgan fingerprint density at radius 2 is 2.24 bits per heavy atom. The van der Waals surface area contributed by atoms with Crippen molar-refractivity contribution in [3.8, 4) is 11.8 Å². The van der Waals surface area contributed by atoms with Crippen molar-refractivity contribution >= 4 is 17.2 Å². The fourth-order valence-corrected chi connectivity index (χ4v) is 2.40. The van der Waals surface area contributed by atoms with E-state index in [-0.39, 0.29) is 23.9 Å². The predicted molar refractivity (Wildman–Crippen MR) is 83.2 cm³/mol. The van der Waals surface area contributed by atoms with Crippen LogP contribution in [0, 0.1) is 18.8 Å². The van der Waals surface area contributed by atoms with E-state index in [2.05, 4.69) is 22.1 Å². The van der Waals surface area contributed by atoms with Gasteiger partial charge in [-0.25, -0.2) is 0 Å². The highest BCUT2D eigenvalue weighted by Gasteiger charge is 2.07. The van der Waals surface area contributed by atoms with Gasteiger partial charge < -0.3 is 16.0 Å². The molecule has 0 bridgehead atoms. The zero-order chi connectivity index (χ0) is 15.2. The van der Waals surface area contributed by atoms with Crippen molar-refractivity contribution < 1.29 is 4.79 Å². The molecule has 0 aliphatic rings. The van der Waals surface area contributed by atoms with Gasteiger partial charge in [0.15, 0.2) is 0 Å². The van der Waals surface area contributed by atoms with Crippen molar-refractivity contribution in [2.24, 2.45) is 5.73 Å². The third kappa shape index (κ3) is 4.31. The molecule has 108 valence electrons. The Labute approximate surface area is 126 Å². The van der Waals surface area contributed by atoms with E-state index >= 15 is 0 Å². The molecule has 0 aliphatic carbocycles. The van der Waals surface area contributed by atoms with Gasteiger partial charge in [0.05, 0.1) is 13.1 Å². The number of carbonyl (C=O) groups is 1. The summed E-state index contributed by atoms with van der Waals surface area (Å²) in [7, 11) is 0. The molecule has 1 aromatic carbocycles. The van der Waals surface area contributed by atoms with Gasteiger partial charge in [-0.3, -0.25) is 9.59 Å². The molecule has 0 spiro atoms. The highest BCUT2D eigenvalue weighted by atomic mass is 32.1. The number of aromatic amines is 1. The van der Waals surface area contributed by atoms with Crippen LogP contribution < -0.4 is 15.9 Å². The van der Waals surface area contributed by atoms with Crippen LogP contribution in [0.1, 0.15) is 27.2 Å². The van der Waals surface area contributed by atoms with Crippen molar-refractivity contribution in [2.45, 2.75) is 13.5 Å². The Kier molecular flexibility index (Phi) is 4.93. The summed E-state index contributed by atoms with van der Waals surface area (Å²) in [5, 5.41) is 4.46. The van der Waals surface area contributed by atoms with E-state index < -0.39 is 0 Å². The van der Waals surface area contributed by atoms with E-state index in [1.165, 1.54) is 0 Å². The van der Waals surface area contributed by atoms with Crippen LogP contribution in [0.3, 0.4) is 0 Å². The van der Waals surface area contributed by atoms with Gasteiger partial charge in [-0.15, -0.1) is 0 Å². The minimum absolute atomic E-state index is 0.130. The number of H-pyrrole nitrogens is 1. The summed E-state index contributed by atoms with van der Waals surface area (Å²) in [5.74, 6) is 5.48. The van der Waals surface area contributed by atoms with Gasteiger partial charge in [0.1, 0.15) is 0 Å². The Hall–Kier alpha value is -2.36. The third-order valence-corrected chi connectivity index (χ3v) is 3.40. The number of aromatic nitrogens is 1. The maximum absolute atomic E-state index is 12.1. The molecular formula is C15H15N3O2S. The molecule has 21 heavy (non-hydrogen) atoms. The number of nitrogens with two attached hydrogens (primary N) is 1. The molecule has 1 aromatic heterocycles. The standard InChI is InChI=1S/C15H15N3O2S/c1-10-5-11(3-2-4-16)7-12(6-10)14(19)17-8-13-9-21-15(20)18-13/h5-7,9H,4,8,16H2,1H3,(H,17,19)(H,18,20). The Bertz CT molecular complexity index is 765. The molecule has 0 saturated carbocycles. The van der Waals surface area contributed by atoms with Crippen molar-refractivity contribution in [1.29, 1.82) is 0 Å². The molecule has 2 aromatic rings. The number of thiazole rings is 1. The van der Waals surface area contributed by atoms with Crippen LogP contribution in [0.25, 0.3) is 0 Å². The number of carbonyl (C=O) groups excluding carboxylic acids is 1. The van der Waals surface area contributed by atoms with Crippen LogP contribution in [0.4, 0.5) is 0 Å². The number of nitrogens with one attached hydrogen (secondary N) is 2. The number of aryl methyl sites for hydroxylation is 1. The summed E-state index contributed by atoms with van der Waals surface area (Å²) in [4.78, 5) is 25.7. The Balaban J connectivity index is 2.11. The second kappa shape index (κ2) is 6.88. The first-order valence-corrected chi connectivity index (χ1v) is 7.22. The average Bonchev–Trinajstić information content (AvgIpc) is 2.87. The maximum atomic E-state index is 12.1. The molecule has 4 N–H and O–H groups in total. The summed E-state index contributed by atoms with van der Waals surface area (Å²) < 4.78 is 0. The number of rotatable bonds is 3. The second-order valence-electron chi connectivity index (χ2n) is 4.45. The highest BCUT2D eigenvalue weighted by molar-refractivity contribution is 7.07.